The zero-order valence-electron chi connectivity index (χ0n) is 25.3. The fourth-order valence-electron chi connectivity index (χ4n) is 7.77. The number of carbonyl (C=O) groups excluding carboxylic acids is 2. The Labute approximate surface area is 273 Å². The minimum absolute atomic E-state index is 0.0112. The molecule has 2 heterocycles. The van der Waals surface area contributed by atoms with E-state index in [1.807, 2.05) is 0 Å². The smallest absolute Gasteiger partial charge is 0.343 e. The van der Waals surface area contributed by atoms with Crippen molar-refractivity contribution in [2.75, 3.05) is 0 Å². The average Bonchev–Trinajstić information content (AvgIpc) is 3.95. The molecule has 0 spiro atoms. The molecule has 4 aliphatic rings. The highest BCUT2D eigenvalue weighted by atomic mass is 16.5. The first-order chi connectivity index (χ1) is 23.3. The van der Waals surface area contributed by atoms with Crippen LogP contribution in [-0.2, 0) is 0 Å². The molecule has 9 rings (SSSR count). The maximum atomic E-state index is 12.8. The molecule has 0 saturated carbocycles. The number of ether oxygens (including phenoxy) is 2. The topological polar surface area (TPSA) is 143 Å². The summed E-state index contributed by atoms with van der Waals surface area (Å²) in [4.78, 5) is 25.7. The van der Waals surface area contributed by atoms with Gasteiger partial charge in [0.1, 0.15) is 11.5 Å². The van der Waals surface area contributed by atoms with Gasteiger partial charge in [0.2, 0.25) is 23.5 Å². The van der Waals surface area contributed by atoms with Crippen molar-refractivity contribution in [2.45, 2.75) is 36.5 Å². The summed E-state index contributed by atoms with van der Waals surface area (Å²) in [5, 5.41) is 43.4. The summed E-state index contributed by atoms with van der Waals surface area (Å²) in [6.45, 7) is 0. The maximum Gasteiger partial charge on any atom is 0.343 e. The molecule has 4 unspecified atom stereocenters. The minimum Gasteiger partial charge on any atom is -0.494 e. The van der Waals surface area contributed by atoms with Crippen molar-refractivity contribution in [3.8, 4) is 46.4 Å². The van der Waals surface area contributed by atoms with Crippen molar-refractivity contribution in [1.82, 2.24) is 9.13 Å². The molecular weight excluding hydrogens is 612 g/mol. The van der Waals surface area contributed by atoms with E-state index in [1.165, 1.54) is 33.4 Å². The zero-order valence-corrected chi connectivity index (χ0v) is 25.3. The van der Waals surface area contributed by atoms with E-state index in [4.69, 9.17) is 9.47 Å². The highest BCUT2D eigenvalue weighted by molar-refractivity contribution is 5.92. The quantitative estimate of drug-likeness (QED) is 0.0901. The van der Waals surface area contributed by atoms with E-state index < -0.39 is 11.9 Å². The second-order valence-electron chi connectivity index (χ2n) is 12.6. The number of aromatic hydroxyl groups is 4. The van der Waals surface area contributed by atoms with E-state index >= 15 is 0 Å². The molecule has 4 bridgehead atoms. The van der Waals surface area contributed by atoms with Gasteiger partial charge in [0, 0.05) is 45.9 Å². The van der Waals surface area contributed by atoms with Gasteiger partial charge < -0.3 is 29.9 Å². The summed E-state index contributed by atoms with van der Waals surface area (Å²) in [7, 11) is 0. The van der Waals surface area contributed by atoms with E-state index in [9.17, 15) is 30.0 Å². The molecule has 10 heteroatoms. The molecule has 4 N–H and O–H groups in total. The summed E-state index contributed by atoms with van der Waals surface area (Å²) in [5.41, 5.74) is 4.63. The fourth-order valence-corrected chi connectivity index (χ4v) is 7.77. The molecule has 5 aromatic rings. The lowest BCUT2D eigenvalue weighted by Crippen LogP contribution is -2.10. The van der Waals surface area contributed by atoms with Gasteiger partial charge >= 0.3 is 11.9 Å². The highest BCUT2D eigenvalue weighted by Crippen LogP contribution is 2.58. The lowest BCUT2D eigenvalue weighted by atomic mass is 10.0. The van der Waals surface area contributed by atoms with E-state index in [1.54, 1.807) is 48.5 Å². The van der Waals surface area contributed by atoms with Crippen LogP contribution in [0.15, 0.2) is 97.1 Å². The lowest BCUT2D eigenvalue weighted by molar-refractivity contribution is 0.0719. The van der Waals surface area contributed by atoms with Gasteiger partial charge in [0.15, 0.2) is 0 Å². The first kappa shape index (κ1) is 28.1. The lowest BCUT2D eigenvalue weighted by Gasteiger charge is -2.11. The summed E-state index contributed by atoms with van der Waals surface area (Å²) in [5.74, 6) is -0.270. The molecule has 0 fully saturated rings. The summed E-state index contributed by atoms with van der Waals surface area (Å²) < 4.78 is 13.8. The van der Waals surface area contributed by atoms with Crippen molar-refractivity contribution < 1.29 is 39.5 Å². The summed E-state index contributed by atoms with van der Waals surface area (Å²) >= 11 is 0. The van der Waals surface area contributed by atoms with Crippen molar-refractivity contribution in [1.29, 1.82) is 0 Å². The van der Waals surface area contributed by atoms with Crippen molar-refractivity contribution >= 4 is 11.9 Å². The number of hydrogen-bond acceptors (Lipinski definition) is 8. The third kappa shape index (κ3) is 4.05. The van der Waals surface area contributed by atoms with Crippen LogP contribution in [0.2, 0.25) is 0 Å². The largest absolute Gasteiger partial charge is 0.494 e. The van der Waals surface area contributed by atoms with Gasteiger partial charge in [0.25, 0.3) is 0 Å². The summed E-state index contributed by atoms with van der Waals surface area (Å²) in [6.07, 6.45) is 9.96. The monoisotopic (exact) mass is 640 g/mol. The van der Waals surface area contributed by atoms with Gasteiger partial charge in [-0.15, -0.1) is 0 Å². The highest BCUT2D eigenvalue weighted by Gasteiger charge is 2.42. The Bertz CT molecular complexity index is 1990. The Hall–Kier alpha value is -6.16. The Morgan fingerprint density at radius 3 is 1.06 bits per heavy atom. The zero-order chi connectivity index (χ0) is 32.8. The molecule has 10 nitrogen and oxygen atoms in total. The predicted octanol–water partition coefficient (Wildman–Crippen LogP) is 6.81. The molecule has 2 aromatic heterocycles. The first-order valence-electron chi connectivity index (χ1n) is 15.7. The predicted molar refractivity (Wildman–Crippen MR) is 173 cm³/mol. The van der Waals surface area contributed by atoms with E-state index in [2.05, 4.69) is 24.3 Å². The third-order valence-electron chi connectivity index (χ3n) is 10.0. The van der Waals surface area contributed by atoms with Crippen LogP contribution in [0, 0.1) is 0 Å². The van der Waals surface area contributed by atoms with Crippen LogP contribution >= 0.6 is 0 Å². The molecule has 3 aromatic carbocycles. The van der Waals surface area contributed by atoms with Crippen molar-refractivity contribution in [3.05, 3.63) is 130 Å². The second-order valence-corrected chi connectivity index (χ2v) is 12.6. The number of rotatable bonds is 6. The Kier molecular flexibility index (Phi) is 5.95. The van der Waals surface area contributed by atoms with Crippen LogP contribution in [0.25, 0.3) is 11.4 Å². The molecule has 0 aliphatic heterocycles. The van der Waals surface area contributed by atoms with Crippen LogP contribution in [-0.4, -0.2) is 41.5 Å². The molecule has 4 aliphatic carbocycles. The van der Waals surface area contributed by atoms with Gasteiger partial charge in [0.05, 0.1) is 22.5 Å². The van der Waals surface area contributed by atoms with Gasteiger partial charge in [-0.2, -0.15) is 0 Å². The van der Waals surface area contributed by atoms with E-state index in [0.29, 0.717) is 11.4 Å². The number of benzene rings is 3. The molecule has 0 saturated heterocycles. The molecule has 0 amide bonds. The van der Waals surface area contributed by atoms with E-state index in [-0.39, 0.29) is 69.8 Å². The second kappa shape index (κ2) is 10.2. The van der Waals surface area contributed by atoms with Gasteiger partial charge in [-0.05, 0) is 85.6 Å². The van der Waals surface area contributed by atoms with Crippen LogP contribution < -0.4 is 9.47 Å². The molecule has 238 valence electrons. The fraction of sp³-hybridized carbons (Fsp3) is 0.158. The molecule has 0 radical (unpaired) electrons. The number of nitrogens with zero attached hydrogens (tertiary/aromatic N) is 2. The average molecular weight is 641 g/mol. The normalized spacial score (nSPS) is 20.7. The van der Waals surface area contributed by atoms with Crippen molar-refractivity contribution in [3.63, 3.8) is 0 Å². The Morgan fingerprint density at radius 2 is 0.771 bits per heavy atom. The standard InChI is InChI=1S/C38H28N2O8/c41-33-29-21-1-2-22(17-21)30(29)34(42)39(33)25-9-5-19(6-10-25)37(45)47-27-13-15-28(16-14-27)48-38(46)20-7-11-26(12-8-20)40-35(43)31-23-3-4-24(18-23)32(31)36(40)44/h1-16,21-24,41-44H,17-18H2. The number of carbonyl (C=O) groups is 2. The molecular formula is C38H28N2O8. The van der Waals surface area contributed by atoms with Crippen LogP contribution in [0.5, 0.6) is 35.0 Å². The number of esters is 2. The SMILES string of the molecule is O=C(Oc1ccc(OC(=O)c2ccc(-n3c(O)c4c(c3O)C3C=CC4C3)cc2)cc1)c1ccc(-n2c(O)c3c(c2O)C2C=CC3C2)cc1. The van der Waals surface area contributed by atoms with Gasteiger partial charge in [-0.25, -0.2) is 9.59 Å². The first-order valence-corrected chi connectivity index (χ1v) is 15.7. The minimum atomic E-state index is -0.606. The van der Waals surface area contributed by atoms with Crippen LogP contribution in [0.1, 0.15) is 79.5 Å². The van der Waals surface area contributed by atoms with Crippen LogP contribution in [0.3, 0.4) is 0 Å². The Balaban J connectivity index is 0.843. The third-order valence-corrected chi connectivity index (χ3v) is 10.0. The summed E-state index contributed by atoms with van der Waals surface area (Å²) in [6, 6.07) is 18.8. The Morgan fingerprint density at radius 1 is 0.479 bits per heavy atom. The molecule has 48 heavy (non-hydrogen) atoms. The van der Waals surface area contributed by atoms with Gasteiger partial charge in [-0.3, -0.25) is 9.13 Å². The van der Waals surface area contributed by atoms with Crippen molar-refractivity contribution in [2.24, 2.45) is 0 Å². The molecule has 4 atom stereocenters. The number of fused-ring (bicyclic) bond motifs is 10. The number of aromatic nitrogens is 2. The number of allylic oxidation sites excluding steroid dienone is 4. The van der Waals surface area contributed by atoms with Gasteiger partial charge in [-0.1, -0.05) is 24.3 Å². The number of hydrogen-bond donors (Lipinski definition) is 4. The van der Waals surface area contributed by atoms with Crippen LogP contribution in [0.4, 0.5) is 0 Å². The van der Waals surface area contributed by atoms with E-state index in [0.717, 1.165) is 35.1 Å². The maximum absolute atomic E-state index is 12.8.